The lowest BCUT2D eigenvalue weighted by Gasteiger charge is -2.26. The lowest BCUT2D eigenvalue weighted by atomic mass is 10.2. The number of methoxy groups -OCH3 is 1. The lowest BCUT2D eigenvalue weighted by molar-refractivity contribution is 0.0598. The molecule has 118 valence electrons. The summed E-state index contributed by atoms with van der Waals surface area (Å²) < 4.78 is 10.3. The van der Waals surface area contributed by atoms with E-state index in [4.69, 9.17) is 9.26 Å². The number of amides is 1. The van der Waals surface area contributed by atoms with Gasteiger partial charge in [-0.05, 0) is 32.7 Å². The summed E-state index contributed by atoms with van der Waals surface area (Å²) in [5, 5.41) is 7.13. The topological polar surface area (TPSA) is 80.5 Å². The van der Waals surface area contributed by atoms with Crippen molar-refractivity contribution < 1.29 is 14.1 Å². The van der Waals surface area contributed by atoms with Gasteiger partial charge in [-0.3, -0.25) is 4.79 Å². The van der Waals surface area contributed by atoms with Crippen LogP contribution in [0.15, 0.2) is 4.52 Å². The number of aromatic nitrogens is 2. The van der Waals surface area contributed by atoms with Crippen LogP contribution >= 0.6 is 0 Å². The van der Waals surface area contributed by atoms with Gasteiger partial charge in [-0.1, -0.05) is 12.1 Å². The van der Waals surface area contributed by atoms with Gasteiger partial charge in [-0.15, -0.1) is 0 Å². The molecule has 1 aromatic rings. The molecule has 0 radical (unpaired) electrons. The van der Waals surface area contributed by atoms with Crippen molar-refractivity contribution in [2.75, 3.05) is 26.8 Å². The molecule has 0 bridgehead atoms. The molecule has 7 heteroatoms. The van der Waals surface area contributed by atoms with Gasteiger partial charge in [0.05, 0.1) is 12.6 Å². The van der Waals surface area contributed by atoms with Crippen LogP contribution in [0.25, 0.3) is 0 Å². The van der Waals surface area contributed by atoms with E-state index in [0.717, 1.165) is 25.8 Å². The van der Waals surface area contributed by atoms with Crippen LogP contribution in [-0.2, 0) is 4.74 Å². The van der Waals surface area contributed by atoms with Crippen LogP contribution < -0.4 is 5.32 Å². The zero-order valence-electron chi connectivity index (χ0n) is 13.0. The van der Waals surface area contributed by atoms with Crippen molar-refractivity contribution in [3.8, 4) is 0 Å². The number of carbonyl (C=O) groups is 1. The van der Waals surface area contributed by atoms with Crippen LogP contribution in [-0.4, -0.2) is 53.8 Å². The minimum Gasteiger partial charge on any atom is -0.383 e. The monoisotopic (exact) mass is 296 g/mol. The molecule has 1 aromatic heterocycles. The molecule has 0 saturated carbocycles. The minimum atomic E-state index is -0.200. The Morgan fingerprint density at radius 3 is 3.05 bits per heavy atom. The normalized spacial score (nSPS) is 19.7. The number of hydrogen-bond donors (Lipinski definition) is 1. The zero-order chi connectivity index (χ0) is 15.2. The van der Waals surface area contributed by atoms with E-state index in [0.29, 0.717) is 19.0 Å². The predicted molar refractivity (Wildman–Crippen MR) is 76.9 cm³/mol. The van der Waals surface area contributed by atoms with Crippen LogP contribution in [0.1, 0.15) is 55.7 Å². The Kier molecular flexibility index (Phi) is 5.69. The van der Waals surface area contributed by atoms with Crippen molar-refractivity contribution >= 4 is 5.91 Å². The Hall–Kier alpha value is -1.47. The maximum Gasteiger partial charge on any atom is 0.295 e. The lowest BCUT2D eigenvalue weighted by Crippen LogP contribution is -2.41. The molecule has 7 nitrogen and oxygen atoms in total. The first-order chi connectivity index (χ1) is 10.2. The van der Waals surface area contributed by atoms with Crippen LogP contribution in [0.3, 0.4) is 0 Å². The van der Waals surface area contributed by atoms with E-state index in [2.05, 4.69) is 15.5 Å². The first-order valence-electron chi connectivity index (χ1n) is 7.54. The van der Waals surface area contributed by atoms with Crippen LogP contribution in [0, 0.1) is 0 Å². The summed E-state index contributed by atoms with van der Waals surface area (Å²) in [6, 6.07) is 0.189. The summed E-state index contributed by atoms with van der Waals surface area (Å²) in [4.78, 5) is 18.5. The van der Waals surface area contributed by atoms with Crippen LogP contribution in [0.5, 0.6) is 0 Å². The Labute approximate surface area is 125 Å². The van der Waals surface area contributed by atoms with Crippen molar-refractivity contribution in [1.29, 1.82) is 0 Å². The molecule has 2 rings (SSSR count). The summed E-state index contributed by atoms with van der Waals surface area (Å²) in [5.74, 6) is 0.441. The number of carbonyl (C=O) groups excluding carboxylic acids is 1. The smallest absolute Gasteiger partial charge is 0.295 e. The molecule has 0 spiro atoms. The fourth-order valence-electron chi connectivity index (χ4n) is 2.42. The Morgan fingerprint density at radius 1 is 1.62 bits per heavy atom. The first kappa shape index (κ1) is 15.9. The van der Waals surface area contributed by atoms with Gasteiger partial charge in [0.15, 0.2) is 0 Å². The molecular weight excluding hydrogens is 272 g/mol. The number of nitrogens with one attached hydrogen (secondary N) is 1. The average Bonchev–Trinajstić information content (AvgIpc) is 3.17. The molecule has 0 aromatic carbocycles. The highest BCUT2D eigenvalue weighted by atomic mass is 16.5. The summed E-state index contributed by atoms with van der Waals surface area (Å²) in [6.45, 7) is 6.01. The highest BCUT2D eigenvalue weighted by Crippen LogP contribution is 2.21. The largest absolute Gasteiger partial charge is 0.383 e. The Bertz CT molecular complexity index is 457. The molecule has 1 N–H and O–H groups in total. The van der Waals surface area contributed by atoms with E-state index in [9.17, 15) is 4.79 Å². The molecule has 1 aliphatic heterocycles. The van der Waals surface area contributed by atoms with E-state index < -0.39 is 0 Å². The Balaban J connectivity index is 2.08. The summed E-state index contributed by atoms with van der Waals surface area (Å²) in [6.07, 6.45) is 2.92. The third kappa shape index (κ3) is 3.79. The summed E-state index contributed by atoms with van der Waals surface area (Å²) >= 11 is 0. The average molecular weight is 296 g/mol. The second-order valence-corrected chi connectivity index (χ2v) is 5.35. The van der Waals surface area contributed by atoms with Gasteiger partial charge in [0, 0.05) is 19.7 Å². The third-order valence-corrected chi connectivity index (χ3v) is 3.91. The molecule has 1 saturated heterocycles. The molecule has 2 unspecified atom stereocenters. The second-order valence-electron chi connectivity index (χ2n) is 5.35. The van der Waals surface area contributed by atoms with Crippen molar-refractivity contribution in [2.24, 2.45) is 0 Å². The summed E-state index contributed by atoms with van der Waals surface area (Å²) in [7, 11) is 1.62. The van der Waals surface area contributed by atoms with Gasteiger partial charge < -0.3 is 19.5 Å². The van der Waals surface area contributed by atoms with E-state index in [1.54, 1.807) is 12.0 Å². The van der Waals surface area contributed by atoms with Crippen LogP contribution in [0.4, 0.5) is 0 Å². The van der Waals surface area contributed by atoms with Crippen molar-refractivity contribution in [2.45, 2.75) is 45.2 Å². The van der Waals surface area contributed by atoms with Crippen LogP contribution in [0.2, 0.25) is 0 Å². The molecular formula is C14H24N4O3. The van der Waals surface area contributed by atoms with Gasteiger partial charge in [-0.2, -0.15) is 4.98 Å². The fraction of sp³-hybridized carbons (Fsp3) is 0.786. The van der Waals surface area contributed by atoms with Gasteiger partial charge in [0.2, 0.25) is 5.89 Å². The van der Waals surface area contributed by atoms with Crippen molar-refractivity contribution in [1.82, 2.24) is 20.4 Å². The van der Waals surface area contributed by atoms with Gasteiger partial charge in [-0.25, -0.2) is 0 Å². The molecule has 2 atom stereocenters. The SMILES string of the molecule is CCC(C)N(CCOC)C(=O)c1noc(C2CCCN2)n1. The molecule has 1 aliphatic rings. The maximum absolute atomic E-state index is 12.5. The predicted octanol–water partition coefficient (Wildman–Crippen LogP) is 1.38. The third-order valence-electron chi connectivity index (χ3n) is 3.91. The van der Waals surface area contributed by atoms with Crippen molar-refractivity contribution in [3.63, 3.8) is 0 Å². The molecule has 1 fully saturated rings. The number of nitrogens with zero attached hydrogens (tertiary/aromatic N) is 3. The molecule has 2 heterocycles. The quantitative estimate of drug-likeness (QED) is 0.819. The standard InChI is InChI=1S/C14H24N4O3/c1-4-10(2)18(8-9-20-3)14(19)12-16-13(21-17-12)11-6-5-7-15-11/h10-11,15H,4-9H2,1-3H3. The second kappa shape index (κ2) is 7.51. The summed E-state index contributed by atoms with van der Waals surface area (Å²) in [5.41, 5.74) is 0. The first-order valence-corrected chi connectivity index (χ1v) is 7.54. The molecule has 1 amide bonds. The van der Waals surface area contributed by atoms with Gasteiger partial charge >= 0.3 is 0 Å². The van der Waals surface area contributed by atoms with Gasteiger partial charge in [0.25, 0.3) is 11.7 Å². The van der Waals surface area contributed by atoms with Crippen molar-refractivity contribution in [3.05, 3.63) is 11.7 Å². The fourth-order valence-corrected chi connectivity index (χ4v) is 2.42. The highest BCUT2D eigenvalue weighted by Gasteiger charge is 2.28. The van der Waals surface area contributed by atoms with E-state index in [1.165, 1.54) is 0 Å². The number of ether oxygens (including phenoxy) is 1. The Morgan fingerprint density at radius 2 is 2.43 bits per heavy atom. The minimum absolute atomic E-state index is 0.0788. The zero-order valence-corrected chi connectivity index (χ0v) is 13.0. The number of hydrogen-bond acceptors (Lipinski definition) is 6. The highest BCUT2D eigenvalue weighted by molar-refractivity contribution is 5.90. The van der Waals surface area contributed by atoms with E-state index >= 15 is 0 Å². The molecule has 21 heavy (non-hydrogen) atoms. The van der Waals surface area contributed by atoms with Gasteiger partial charge in [0.1, 0.15) is 0 Å². The maximum atomic E-state index is 12.5. The van der Waals surface area contributed by atoms with E-state index in [1.807, 2.05) is 13.8 Å². The molecule has 0 aliphatic carbocycles. The number of rotatable bonds is 7. The van der Waals surface area contributed by atoms with E-state index in [-0.39, 0.29) is 23.8 Å².